The molecular weight excluding hydrogens is 459 g/mol. The molecule has 0 heterocycles. The van der Waals surface area contributed by atoms with Crippen LogP contribution in [0.25, 0.3) is 11.1 Å². The van der Waals surface area contributed by atoms with Gasteiger partial charge >= 0.3 is 12.3 Å². The van der Waals surface area contributed by atoms with Crippen molar-refractivity contribution < 1.29 is 26.7 Å². The Morgan fingerprint density at radius 1 is 0.771 bits per heavy atom. The Kier molecular flexibility index (Phi) is 7.48. The topological polar surface area (TPSA) is 9.23 Å². The predicted octanol–water partition coefficient (Wildman–Crippen LogP) is 9.57. The molecule has 0 spiro atoms. The van der Waals surface area contributed by atoms with Crippen molar-refractivity contribution in [2.75, 3.05) is 0 Å². The van der Waals surface area contributed by atoms with E-state index in [1.54, 1.807) is 36.4 Å². The van der Waals surface area contributed by atoms with Gasteiger partial charge in [0, 0.05) is 5.56 Å². The fraction of sp³-hybridized carbons (Fsp3) is 0.379. The molecule has 4 rings (SSSR count). The second-order valence-corrected chi connectivity index (χ2v) is 9.28. The van der Waals surface area contributed by atoms with E-state index in [9.17, 15) is 13.2 Å². The molecule has 0 aliphatic heterocycles. The van der Waals surface area contributed by atoms with Crippen LogP contribution in [0.15, 0.2) is 72.8 Å². The van der Waals surface area contributed by atoms with E-state index in [1.807, 2.05) is 0 Å². The first-order chi connectivity index (χ1) is 16.7. The van der Waals surface area contributed by atoms with Gasteiger partial charge in [0.25, 0.3) is 0 Å². The van der Waals surface area contributed by atoms with Gasteiger partial charge in [-0.25, -0.2) is 0 Å². The lowest BCUT2D eigenvalue weighted by Crippen LogP contribution is -2.25. The van der Waals surface area contributed by atoms with Crippen LogP contribution in [-0.4, -0.2) is 0 Å². The summed E-state index contributed by atoms with van der Waals surface area (Å²) in [5.74, 6) is 0.633. The first-order valence-electron chi connectivity index (χ1n) is 12.1. The van der Waals surface area contributed by atoms with Gasteiger partial charge in [0.05, 0.1) is 11.1 Å². The molecule has 1 fully saturated rings. The molecule has 1 nitrogen and oxygen atoms in total. The van der Waals surface area contributed by atoms with Crippen LogP contribution in [-0.2, 0) is 12.3 Å². The van der Waals surface area contributed by atoms with Gasteiger partial charge in [-0.3, -0.25) is 0 Å². The summed E-state index contributed by atoms with van der Waals surface area (Å²) in [7, 11) is 0. The van der Waals surface area contributed by atoms with Crippen molar-refractivity contribution in [1.29, 1.82) is 0 Å². The number of hydrogen-bond donors (Lipinski definition) is 0. The highest BCUT2D eigenvalue weighted by molar-refractivity contribution is 5.70. The molecule has 0 radical (unpaired) electrons. The van der Waals surface area contributed by atoms with Crippen molar-refractivity contribution in [1.82, 2.24) is 0 Å². The third kappa shape index (κ3) is 5.85. The van der Waals surface area contributed by atoms with Gasteiger partial charge in [-0.05, 0) is 72.9 Å². The van der Waals surface area contributed by atoms with Crippen LogP contribution in [0.1, 0.15) is 68.1 Å². The fourth-order valence-electron chi connectivity index (χ4n) is 5.11. The predicted molar refractivity (Wildman–Crippen MR) is 127 cm³/mol. The second kappa shape index (κ2) is 10.4. The number of halogens is 5. The van der Waals surface area contributed by atoms with Gasteiger partial charge in [-0.1, -0.05) is 68.3 Å². The molecule has 6 heteroatoms. The third-order valence-electron chi connectivity index (χ3n) is 6.91. The number of rotatable bonds is 7. The smallest absolute Gasteiger partial charge is 0.427 e. The number of para-hydroxylation sites is 1. The molecular formula is C29H29F5O. The number of benzene rings is 3. The number of ether oxygens (including phenoxy) is 1. The molecule has 186 valence electrons. The first kappa shape index (κ1) is 25.2. The minimum absolute atomic E-state index is 0.0546. The quantitative estimate of drug-likeness (QED) is 0.301. The summed E-state index contributed by atoms with van der Waals surface area (Å²) < 4.78 is 75.3. The molecule has 3 aromatic rings. The number of alkyl halides is 5. The van der Waals surface area contributed by atoms with E-state index in [0.717, 1.165) is 44.2 Å². The maximum absolute atomic E-state index is 15.6. The van der Waals surface area contributed by atoms with E-state index < -0.39 is 17.8 Å². The Bertz CT molecular complexity index is 1110. The highest BCUT2D eigenvalue weighted by atomic mass is 19.4. The zero-order valence-electron chi connectivity index (χ0n) is 19.6. The summed E-state index contributed by atoms with van der Waals surface area (Å²) >= 11 is 0. The van der Waals surface area contributed by atoms with Crippen LogP contribution in [0.3, 0.4) is 0 Å². The Hall–Kier alpha value is -2.89. The maximum Gasteiger partial charge on any atom is 0.427 e. The van der Waals surface area contributed by atoms with Gasteiger partial charge in [0.1, 0.15) is 5.75 Å². The summed E-state index contributed by atoms with van der Waals surface area (Å²) in [6, 6.07) is 17.1. The van der Waals surface area contributed by atoms with Gasteiger partial charge < -0.3 is 4.74 Å². The summed E-state index contributed by atoms with van der Waals surface area (Å²) in [4.78, 5) is 0. The Balaban J connectivity index is 1.60. The Morgan fingerprint density at radius 2 is 1.40 bits per heavy atom. The van der Waals surface area contributed by atoms with Crippen molar-refractivity contribution in [2.45, 2.75) is 63.7 Å². The molecule has 0 unspecified atom stereocenters. The van der Waals surface area contributed by atoms with E-state index in [-0.39, 0.29) is 17.2 Å². The van der Waals surface area contributed by atoms with Crippen molar-refractivity contribution in [3.8, 4) is 16.9 Å². The number of hydrogen-bond acceptors (Lipinski definition) is 1. The first-order valence-corrected chi connectivity index (χ1v) is 12.1. The molecule has 0 bridgehead atoms. The maximum atomic E-state index is 15.6. The van der Waals surface area contributed by atoms with E-state index in [0.29, 0.717) is 22.6 Å². The van der Waals surface area contributed by atoms with Crippen LogP contribution >= 0.6 is 0 Å². The minimum atomic E-state index is -4.47. The highest BCUT2D eigenvalue weighted by Gasteiger charge is 2.39. The van der Waals surface area contributed by atoms with Crippen molar-refractivity contribution in [2.24, 2.45) is 5.92 Å². The molecule has 3 aromatic carbocycles. The second-order valence-electron chi connectivity index (χ2n) is 9.28. The minimum Gasteiger partial charge on any atom is -0.428 e. The zero-order chi connectivity index (χ0) is 25.1. The van der Waals surface area contributed by atoms with Gasteiger partial charge in [-0.15, -0.1) is 0 Å². The molecule has 0 atom stereocenters. The standard InChI is InChI=1S/C29H29F5O/c1-2-7-20-12-14-21(15-13-20)24-8-3-5-10-26(24)29(33,34)35-27-11-6-4-9-25(27)22-16-18-23(19-17-22)28(30,31)32/h3-6,8-11,16-21H,2,7,12-15H2,1H3. The lowest BCUT2D eigenvalue weighted by Gasteiger charge is -2.31. The van der Waals surface area contributed by atoms with Crippen LogP contribution in [0.5, 0.6) is 5.75 Å². The van der Waals surface area contributed by atoms with E-state index in [2.05, 4.69) is 6.92 Å². The molecule has 0 N–H and O–H groups in total. The summed E-state index contributed by atoms with van der Waals surface area (Å²) in [5, 5.41) is 0. The SMILES string of the molecule is CCCC1CCC(c2ccccc2C(F)(F)Oc2ccccc2-c2ccc(C(F)(F)F)cc2)CC1. The van der Waals surface area contributed by atoms with Crippen molar-refractivity contribution >= 4 is 0 Å². The Morgan fingerprint density at radius 3 is 2.06 bits per heavy atom. The Labute approximate surface area is 202 Å². The van der Waals surface area contributed by atoms with Crippen LogP contribution in [0.2, 0.25) is 0 Å². The summed E-state index contributed by atoms with van der Waals surface area (Å²) in [5.41, 5.74) is 0.332. The van der Waals surface area contributed by atoms with E-state index in [1.165, 1.54) is 30.7 Å². The van der Waals surface area contributed by atoms with Crippen molar-refractivity contribution in [3.63, 3.8) is 0 Å². The summed E-state index contributed by atoms with van der Waals surface area (Å²) in [6.45, 7) is 2.17. The molecule has 0 amide bonds. The van der Waals surface area contributed by atoms with E-state index >= 15 is 8.78 Å². The molecule has 1 saturated carbocycles. The molecule has 0 saturated heterocycles. The normalized spacial score (nSPS) is 18.9. The van der Waals surface area contributed by atoms with Crippen LogP contribution in [0.4, 0.5) is 22.0 Å². The highest BCUT2D eigenvalue weighted by Crippen LogP contribution is 2.44. The zero-order valence-corrected chi connectivity index (χ0v) is 19.6. The van der Waals surface area contributed by atoms with Gasteiger partial charge in [0.15, 0.2) is 0 Å². The fourth-order valence-corrected chi connectivity index (χ4v) is 5.11. The third-order valence-corrected chi connectivity index (χ3v) is 6.91. The van der Waals surface area contributed by atoms with Crippen LogP contribution < -0.4 is 4.74 Å². The molecule has 1 aliphatic rings. The lowest BCUT2D eigenvalue weighted by molar-refractivity contribution is -0.185. The average Bonchev–Trinajstić information content (AvgIpc) is 2.84. The van der Waals surface area contributed by atoms with Crippen molar-refractivity contribution in [3.05, 3.63) is 89.5 Å². The monoisotopic (exact) mass is 488 g/mol. The lowest BCUT2D eigenvalue weighted by atomic mass is 9.76. The molecule has 1 aliphatic carbocycles. The molecule has 35 heavy (non-hydrogen) atoms. The summed E-state index contributed by atoms with van der Waals surface area (Å²) in [6.07, 6.45) is -1.93. The van der Waals surface area contributed by atoms with Gasteiger partial charge in [-0.2, -0.15) is 22.0 Å². The average molecular weight is 489 g/mol. The largest absolute Gasteiger partial charge is 0.428 e. The van der Waals surface area contributed by atoms with E-state index in [4.69, 9.17) is 4.74 Å². The van der Waals surface area contributed by atoms with Crippen LogP contribution in [0, 0.1) is 5.92 Å². The van der Waals surface area contributed by atoms with Gasteiger partial charge in [0.2, 0.25) is 0 Å². The molecule has 0 aromatic heterocycles.